The fraction of sp³-hybridized carbons (Fsp3) is 0.476. The van der Waals surface area contributed by atoms with Gasteiger partial charge in [-0.2, -0.15) is 0 Å². The van der Waals surface area contributed by atoms with Gasteiger partial charge in [0.05, 0.1) is 0 Å². The number of urea groups is 1. The van der Waals surface area contributed by atoms with Crippen LogP contribution in [0.15, 0.2) is 42.7 Å². The molecule has 0 spiro atoms. The maximum atomic E-state index is 12.5. The highest BCUT2D eigenvalue weighted by molar-refractivity contribution is 5.74. The Bertz CT molecular complexity index is 773. The summed E-state index contributed by atoms with van der Waals surface area (Å²) in [5, 5.41) is 3.14. The summed E-state index contributed by atoms with van der Waals surface area (Å²) < 4.78 is 0. The van der Waals surface area contributed by atoms with Gasteiger partial charge >= 0.3 is 6.03 Å². The van der Waals surface area contributed by atoms with Crippen LogP contribution >= 0.6 is 0 Å². The number of carbonyl (C=O) groups excluding carboxylic acids is 1. The van der Waals surface area contributed by atoms with E-state index in [0.717, 1.165) is 45.1 Å². The number of piperazine rings is 1. The molecule has 0 unspecified atom stereocenters. The molecule has 2 aliphatic rings. The van der Waals surface area contributed by atoms with Crippen molar-refractivity contribution < 1.29 is 4.79 Å². The predicted octanol–water partition coefficient (Wildman–Crippen LogP) is 2.14. The van der Waals surface area contributed by atoms with E-state index >= 15 is 0 Å². The second-order valence-electron chi connectivity index (χ2n) is 7.65. The lowest BCUT2D eigenvalue weighted by Crippen LogP contribution is -2.52. The normalized spacial score (nSPS) is 19.8. The lowest BCUT2D eigenvalue weighted by atomic mass is 10.1. The third-order valence-corrected chi connectivity index (χ3v) is 5.63. The molecular formula is C21H28N6O. The van der Waals surface area contributed by atoms with E-state index in [2.05, 4.69) is 56.3 Å². The Hall–Kier alpha value is -2.83. The summed E-state index contributed by atoms with van der Waals surface area (Å²) in [4.78, 5) is 27.5. The maximum absolute atomic E-state index is 12.5. The van der Waals surface area contributed by atoms with Crippen LogP contribution in [0.5, 0.6) is 0 Å². The van der Waals surface area contributed by atoms with Crippen molar-refractivity contribution in [2.45, 2.75) is 13.3 Å². The summed E-state index contributed by atoms with van der Waals surface area (Å²) in [5.74, 6) is 1.24. The van der Waals surface area contributed by atoms with E-state index in [0.29, 0.717) is 19.0 Å². The second-order valence-corrected chi connectivity index (χ2v) is 7.65. The molecule has 2 amide bonds. The molecule has 0 radical (unpaired) electrons. The third kappa shape index (κ3) is 4.35. The van der Waals surface area contributed by atoms with E-state index < -0.39 is 0 Å². The Morgan fingerprint density at radius 1 is 1.04 bits per heavy atom. The highest BCUT2D eigenvalue weighted by atomic mass is 16.2. The van der Waals surface area contributed by atoms with Gasteiger partial charge in [0.2, 0.25) is 5.95 Å². The average Bonchev–Trinajstić information content (AvgIpc) is 3.22. The smallest absolute Gasteiger partial charge is 0.317 e. The van der Waals surface area contributed by atoms with Crippen molar-refractivity contribution in [3.63, 3.8) is 0 Å². The van der Waals surface area contributed by atoms with Crippen LogP contribution in [0.1, 0.15) is 12.0 Å². The SMILES string of the molecule is Cc1ccc(N2CC[C@@H](CNC(=O)N3CCN(c4ncccn4)CC3)C2)cc1. The Morgan fingerprint density at radius 2 is 1.75 bits per heavy atom. The molecule has 7 heteroatoms. The first-order chi connectivity index (χ1) is 13.7. The lowest BCUT2D eigenvalue weighted by molar-refractivity contribution is 0.192. The summed E-state index contributed by atoms with van der Waals surface area (Å²) in [6.45, 7) is 7.84. The minimum absolute atomic E-state index is 0.0439. The average molecular weight is 380 g/mol. The molecule has 0 aliphatic carbocycles. The molecule has 1 aromatic heterocycles. The number of aryl methyl sites for hydroxylation is 1. The molecule has 28 heavy (non-hydrogen) atoms. The van der Waals surface area contributed by atoms with Crippen LogP contribution in [-0.4, -0.2) is 66.7 Å². The van der Waals surface area contributed by atoms with E-state index in [4.69, 9.17) is 0 Å². The number of aromatic nitrogens is 2. The molecule has 3 heterocycles. The summed E-state index contributed by atoms with van der Waals surface area (Å²) in [6.07, 6.45) is 4.62. The molecule has 0 bridgehead atoms. The zero-order valence-corrected chi connectivity index (χ0v) is 16.4. The first-order valence-corrected chi connectivity index (χ1v) is 10.1. The molecule has 7 nitrogen and oxygen atoms in total. The molecular weight excluding hydrogens is 352 g/mol. The topological polar surface area (TPSA) is 64.6 Å². The van der Waals surface area contributed by atoms with Crippen LogP contribution in [-0.2, 0) is 0 Å². The number of amides is 2. The highest BCUT2D eigenvalue weighted by Crippen LogP contribution is 2.23. The van der Waals surface area contributed by atoms with Crippen LogP contribution in [0.4, 0.5) is 16.4 Å². The Kier molecular flexibility index (Phi) is 5.60. The van der Waals surface area contributed by atoms with Gasteiger partial charge in [0.1, 0.15) is 0 Å². The Labute approximate surface area is 166 Å². The first-order valence-electron chi connectivity index (χ1n) is 10.1. The van der Waals surface area contributed by atoms with Gasteiger partial charge in [0.25, 0.3) is 0 Å². The predicted molar refractivity (Wildman–Crippen MR) is 111 cm³/mol. The highest BCUT2D eigenvalue weighted by Gasteiger charge is 2.26. The molecule has 148 valence electrons. The van der Waals surface area contributed by atoms with Gasteiger partial charge in [0, 0.05) is 63.9 Å². The van der Waals surface area contributed by atoms with Crippen molar-refractivity contribution >= 4 is 17.7 Å². The van der Waals surface area contributed by atoms with Crippen LogP contribution in [0.3, 0.4) is 0 Å². The van der Waals surface area contributed by atoms with Gasteiger partial charge < -0.3 is 20.0 Å². The molecule has 1 N–H and O–H groups in total. The number of hydrogen-bond donors (Lipinski definition) is 1. The lowest BCUT2D eigenvalue weighted by Gasteiger charge is -2.34. The minimum atomic E-state index is 0.0439. The standard InChI is InChI=1S/C21H28N6O/c1-17-3-5-19(6-4-17)27-10-7-18(16-27)15-24-21(28)26-13-11-25(12-14-26)20-22-8-2-9-23-20/h2-6,8-9,18H,7,10-16H2,1H3,(H,24,28)/t18-/m0/s1. The summed E-state index contributed by atoms with van der Waals surface area (Å²) >= 11 is 0. The number of benzene rings is 1. The zero-order chi connectivity index (χ0) is 19.3. The van der Waals surface area contributed by atoms with Gasteiger partial charge in [0.15, 0.2) is 0 Å². The fourth-order valence-corrected chi connectivity index (χ4v) is 3.90. The van der Waals surface area contributed by atoms with Crippen molar-refractivity contribution in [1.29, 1.82) is 0 Å². The third-order valence-electron chi connectivity index (χ3n) is 5.63. The molecule has 2 fully saturated rings. The Morgan fingerprint density at radius 3 is 2.46 bits per heavy atom. The van der Waals surface area contributed by atoms with Crippen molar-refractivity contribution in [2.24, 2.45) is 5.92 Å². The van der Waals surface area contributed by atoms with E-state index in [9.17, 15) is 4.79 Å². The molecule has 2 aromatic rings. The zero-order valence-electron chi connectivity index (χ0n) is 16.4. The van der Waals surface area contributed by atoms with E-state index in [1.54, 1.807) is 12.4 Å². The van der Waals surface area contributed by atoms with E-state index in [-0.39, 0.29) is 6.03 Å². The summed E-state index contributed by atoms with van der Waals surface area (Å²) in [5.41, 5.74) is 2.56. The van der Waals surface area contributed by atoms with Gasteiger partial charge in [-0.1, -0.05) is 17.7 Å². The number of nitrogens with one attached hydrogen (secondary N) is 1. The van der Waals surface area contributed by atoms with Crippen LogP contribution < -0.4 is 15.1 Å². The monoisotopic (exact) mass is 380 g/mol. The van der Waals surface area contributed by atoms with Gasteiger partial charge in [-0.25, -0.2) is 14.8 Å². The fourth-order valence-electron chi connectivity index (χ4n) is 3.90. The molecule has 1 atom stereocenters. The van der Waals surface area contributed by atoms with Gasteiger partial charge in [-0.05, 0) is 37.5 Å². The number of anilines is 2. The maximum Gasteiger partial charge on any atom is 0.317 e. The minimum Gasteiger partial charge on any atom is -0.371 e. The second kappa shape index (κ2) is 8.46. The van der Waals surface area contributed by atoms with Gasteiger partial charge in [-0.3, -0.25) is 0 Å². The van der Waals surface area contributed by atoms with Crippen molar-refractivity contribution in [1.82, 2.24) is 20.2 Å². The van der Waals surface area contributed by atoms with Crippen LogP contribution in [0.2, 0.25) is 0 Å². The van der Waals surface area contributed by atoms with E-state index in [1.807, 2.05) is 11.0 Å². The molecule has 0 saturated carbocycles. The van der Waals surface area contributed by atoms with Crippen molar-refractivity contribution in [3.8, 4) is 0 Å². The summed E-state index contributed by atoms with van der Waals surface area (Å²) in [6, 6.07) is 10.5. The van der Waals surface area contributed by atoms with E-state index in [1.165, 1.54) is 11.3 Å². The summed E-state index contributed by atoms with van der Waals surface area (Å²) in [7, 11) is 0. The molecule has 2 aliphatic heterocycles. The van der Waals surface area contributed by atoms with Crippen molar-refractivity contribution in [2.75, 3.05) is 55.6 Å². The number of rotatable bonds is 4. The quantitative estimate of drug-likeness (QED) is 0.880. The number of nitrogens with zero attached hydrogens (tertiary/aromatic N) is 5. The molecule has 1 aromatic carbocycles. The number of carbonyl (C=O) groups is 1. The van der Waals surface area contributed by atoms with Gasteiger partial charge in [-0.15, -0.1) is 0 Å². The first kappa shape index (κ1) is 18.5. The molecule has 2 saturated heterocycles. The largest absolute Gasteiger partial charge is 0.371 e. The molecule has 4 rings (SSSR count). The number of hydrogen-bond acceptors (Lipinski definition) is 5. The van der Waals surface area contributed by atoms with Crippen molar-refractivity contribution in [3.05, 3.63) is 48.3 Å². The van der Waals surface area contributed by atoms with Crippen LogP contribution in [0, 0.1) is 12.8 Å². The van der Waals surface area contributed by atoms with Crippen LogP contribution in [0.25, 0.3) is 0 Å². The Balaban J connectivity index is 1.20.